The molecule has 0 aliphatic carbocycles. The molecule has 1 nitrogen and oxygen atoms in total. The van der Waals surface area contributed by atoms with E-state index in [1.54, 1.807) is 0 Å². The van der Waals surface area contributed by atoms with Gasteiger partial charge in [0.1, 0.15) is 0 Å². The van der Waals surface area contributed by atoms with Gasteiger partial charge in [-0.25, -0.2) is 0 Å². The van der Waals surface area contributed by atoms with E-state index in [9.17, 15) is 0 Å². The Morgan fingerprint density at radius 1 is 1.50 bits per heavy atom. The summed E-state index contributed by atoms with van der Waals surface area (Å²) in [7, 11) is 0. The summed E-state index contributed by atoms with van der Waals surface area (Å²) in [5, 5.41) is 0. The standard InChI is InChI=1S/Al.Li.O.H4Si.2H/h;;;1H4;;/q;+1;;;;-1. The molecule has 20 valence electrons. The second-order valence-electron chi connectivity index (χ2n) is 0. The summed E-state index contributed by atoms with van der Waals surface area (Å²) in [5.74, 6) is 0. The van der Waals surface area contributed by atoms with E-state index >= 15 is 0 Å². The van der Waals surface area contributed by atoms with Crippen molar-refractivity contribution in [2.24, 2.45) is 0 Å². The normalized spacial score (nSPS) is 0.750. The fourth-order valence-electron chi connectivity index (χ4n) is 0. The molecule has 0 spiro atoms. The first-order valence-electron chi connectivity index (χ1n) is 0.289. The van der Waals surface area contributed by atoms with E-state index in [1.807, 2.05) is 0 Å². The van der Waals surface area contributed by atoms with Crippen LogP contribution in [0.15, 0.2) is 0 Å². The molecular formula is H6AlLiOSi. The topological polar surface area (TPSA) is 17.1 Å². The molecule has 0 unspecified atom stereocenters. The molecule has 0 saturated heterocycles. The van der Waals surface area contributed by atoms with Crippen LogP contribution in [-0.2, 0) is 3.80 Å². The van der Waals surface area contributed by atoms with Crippen LogP contribution in [0.5, 0.6) is 0 Å². The Balaban J connectivity index is -0.00000000167. The third kappa shape index (κ3) is 11.0. The van der Waals surface area contributed by atoms with E-state index in [0.29, 0.717) is 16.2 Å². The van der Waals surface area contributed by atoms with Gasteiger partial charge in [0.05, 0.1) is 0 Å². The summed E-state index contributed by atoms with van der Waals surface area (Å²) >= 11 is 0.611. The average molecular weight is 84.1 g/mol. The van der Waals surface area contributed by atoms with Crippen molar-refractivity contribution in [2.45, 2.75) is 0 Å². The van der Waals surface area contributed by atoms with E-state index in [-0.39, 0.29) is 31.3 Å². The van der Waals surface area contributed by atoms with E-state index in [4.69, 9.17) is 3.80 Å². The van der Waals surface area contributed by atoms with Crippen LogP contribution < -0.4 is 18.9 Å². The Hall–Kier alpha value is 1.15. The van der Waals surface area contributed by atoms with Crippen molar-refractivity contribution < 1.29 is 24.1 Å². The molecule has 0 aromatic carbocycles. The van der Waals surface area contributed by atoms with Crippen LogP contribution in [0.1, 0.15) is 1.43 Å². The van der Waals surface area contributed by atoms with Crippen molar-refractivity contribution in [2.75, 3.05) is 0 Å². The van der Waals surface area contributed by atoms with Gasteiger partial charge in [-0.2, -0.15) is 0 Å². The fraction of sp³-hybridized carbons (Fsp3) is 0. The van der Waals surface area contributed by atoms with Crippen molar-refractivity contribution in [3.8, 4) is 0 Å². The smallest absolute Gasteiger partial charge is 0.0149 e. The molecule has 0 amide bonds. The number of rotatable bonds is 0. The monoisotopic (exact) mass is 84.0 g/mol. The van der Waals surface area contributed by atoms with Gasteiger partial charge in [0.2, 0.25) is 0 Å². The molecule has 0 rings (SSSR count). The van der Waals surface area contributed by atoms with Crippen LogP contribution in [0.3, 0.4) is 0 Å². The predicted octanol–water partition coefficient (Wildman–Crippen LogP) is -5.10. The predicted molar refractivity (Wildman–Crippen MR) is 20.3 cm³/mol. The minimum absolute atomic E-state index is 0. The SMILES string of the molecule is [H-].[Li+].[O]=[AlH].[SiH4]. The Morgan fingerprint density at radius 2 is 1.50 bits per heavy atom. The molecule has 0 bridgehead atoms. The summed E-state index contributed by atoms with van der Waals surface area (Å²) in [4.78, 5) is 0. The van der Waals surface area contributed by atoms with Gasteiger partial charge in [0.25, 0.3) is 0 Å². The molecule has 0 saturated carbocycles. The minimum Gasteiger partial charge on any atom is -0.0149 e. The van der Waals surface area contributed by atoms with Gasteiger partial charge in [-0.15, -0.1) is 0 Å². The summed E-state index contributed by atoms with van der Waals surface area (Å²) in [6, 6.07) is 0. The van der Waals surface area contributed by atoms with Crippen LogP contribution >= 0.6 is 0 Å². The molecule has 0 aliphatic rings. The summed E-state index contributed by atoms with van der Waals surface area (Å²) in [6.07, 6.45) is 0. The zero-order valence-corrected chi connectivity index (χ0v) is 3.53. The molecule has 0 radical (unpaired) electrons. The molecule has 0 aromatic heterocycles. The molecule has 0 aliphatic heterocycles. The zero-order chi connectivity index (χ0) is 2.00. The zero-order valence-electron chi connectivity index (χ0n) is 3.12. The Labute approximate surface area is 51.5 Å². The van der Waals surface area contributed by atoms with E-state index in [1.165, 1.54) is 0 Å². The molecule has 0 aromatic rings. The number of hydrogen-bond donors (Lipinski definition) is 0. The summed E-state index contributed by atoms with van der Waals surface area (Å²) in [5.41, 5.74) is 0. The van der Waals surface area contributed by atoms with Crippen LogP contribution in [0.2, 0.25) is 0 Å². The van der Waals surface area contributed by atoms with E-state index < -0.39 is 0 Å². The molecule has 0 N–H and O–H groups in total. The van der Waals surface area contributed by atoms with Crippen LogP contribution in [0, 0.1) is 0 Å². The van der Waals surface area contributed by atoms with Gasteiger partial charge in [-0.3, -0.25) is 0 Å². The van der Waals surface area contributed by atoms with Gasteiger partial charge < -0.3 is 1.43 Å². The molecule has 0 fully saturated rings. The third-order valence-corrected chi connectivity index (χ3v) is 0. The molecule has 0 heterocycles. The third-order valence-electron chi connectivity index (χ3n) is 0. The first-order chi connectivity index (χ1) is 1.00. The quantitative estimate of drug-likeness (QED) is 0.268. The Morgan fingerprint density at radius 3 is 1.50 bits per heavy atom. The number of hydrogen-bond acceptors (Lipinski definition) is 1. The molecule has 0 atom stereocenters. The largest absolute Gasteiger partial charge is 0.0149 e. The average Bonchev–Trinajstić information content (AvgIpc) is 1.00. The van der Waals surface area contributed by atoms with Crippen molar-refractivity contribution in [3.63, 3.8) is 0 Å². The Kier molecular flexibility index (Phi) is 150. The van der Waals surface area contributed by atoms with Gasteiger partial charge in [-0.1, -0.05) is 0 Å². The second kappa shape index (κ2) is 31.2. The van der Waals surface area contributed by atoms with Gasteiger partial charge >= 0.3 is 38.9 Å². The maximum Gasteiger partial charge on any atom is -0.0149 e. The first kappa shape index (κ1) is 19.2. The minimum atomic E-state index is 0. The van der Waals surface area contributed by atoms with Crippen LogP contribution in [-0.4, -0.2) is 27.2 Å². The summed E-state index contributed by atoms with van der Waals surface area (Å²) < 4.78 is 8.28. The van der Waals surface area contributed by atoms with E-state index in [2.05, 4.69) is 0 Å². The molecule has 4 heavy (non-hydrogen) atoms. The van der Waals surface area contributed by atoms with E-state index in [0.717, 1.165) is 0 Å². The van der Waals surface area contributed by atoms with Crippen molar-refractivity contribution in [3.05, 3.63) is 0 Å². The summed E-state index contributed by atoms with van der Waals surface area (Å²) in [6.45, 7) is 0. The van der Waals surface area contributed by atoms with Crippen LogP contribution in [0.4, 0.5) is 0 Å². The van der Waals surface area contributed by atoms with Crippen LogP contribution in [0.25, 0.3) is 0 Å². The van der Waals surface area contributed by atoms with Gasteiger partial charge in [0, 0.05) is 0 Å². The second-order valence-corrected chi connectivity index (χ2v) is 0. The van der Waals surface area contributed by atoms with Crippen molar-refractivity contribution in [1.29, 1.82) is 0 Å². The maximum atomic E-state index is 8.28. The van der Waals surface area contributed by atoms with Crippen molar-refractivity contribution in [1.82, 2.24) is 0 Å². The first-order valence-corrected chi connectivity index (χ1v) is 0.866. The molecular weight excluding hydrogens is 78.0 g/mol. The molecule has 4 heteroatoms. The maximum absolute atomic E-state index is 8.28. The Bertz CT molecular complexity index is 11.6. The van der Waals surface area contributed by atoms with Gasteiger partial charge in [-0.05, 0) is 11.0 Å². The van der Waals surface area contributed by atoms with Crippen molar-refractivity contribution >= 4 is 27.2 Å². The fourth-order valence-corrected chi connectivity index (χ4v) is 0. The van der Waals surface area contributed by atoms with Gasteiger partial charge in [0.15, 0.2) is 0 Å².